The Hall–Kier alpha value is -3.91. The molecule has 0 aliphatic carbocycles. The minimum atomic E-state index is -1.01. The van der Waals surface area contributed by atoms with Crippen LogP contribution >= 0.6 is 11.3 Å². The normalized spacial score (nSPS) is 11.3. The number of carboxylic acids is 2. The molecule has 1 aromatic heterocycles. The lowest BCUT2D eigenvalue weighted by atomic mass is 10.00. The van der Waals surface area contributed by atoms with Crippen molar-refractivity contribution in [3.63, 3.8) is 0 Å². The fourth-order valence-electron chi connectivity index (χ4n) is 3.75. The van der Waals surface area contributed by atoms with Crippen molar-refractivity contribution in [1.29, 1.82) is 0 Å². The zero-order valence-corrected chi connectivity index (χ0v) is 20.7. The molecule has 180 valence electrons. The Kier molecular flexibility index (Phi) is 6.75. The summed E-state index contributed by atoms with van der Waals surface area (Å²) in [4.78, 5) is 28.1. The lowest BCUT2D eigenvalue weighted by Gasteiger charge is -2.13. The molecule has 0 amide bonds. The molecule has 4 aromatic rings. The quantitative estimate of drug-likeness (QED) is 0.204. The number of aromatic nitrogens is 1. The van der Waals surface area contributed by atoms with E-state index in [0.29, 0.717) is 16.5 Å². The second-order valence-corrected chi connectivity index (χ2v) is 10.0. The second kappa shape index (κ2) is 9.76. The molecule has 0 saturated carbocycles. The molecule has 4 N–H and O–H groups in total. The van der Waals surface area contributed by atoms with Crippen LogP contribution < -0.4 is 10.6 Å². The number of carbonyl (C=O) groups is 2. The Balaban J connectivity index is 1.65. The zero-order valence-electron chi connectivity index (χ0n) is 19.9. The first kappa shape index (κ1) is 24.2. The fourth-order valence-corrected chi connectivity index (χ4v) is 4.67. The van der Waals surface area contributed by atoms with Crippen LogP contribution in [0.5, 0.6) is 0 Å². The molecular formula is C27H27N3O4S. The van der Waals surface area contributed by atoms with E-state index in [9.17, 15) is 19.8 Å². The van der Waals surface area contributed by atoms with Crippen LogP contribution in [-0.4, -0.2) is 27.1 Å². The van der Waals surface area contributed by atoms with E-state index in [4.69, 9.17) is 0 Å². The summed E-state index contributed by atoms with van der Waals surface area (Å²) < 4.78 is 0.881. The van der Waals surface area contributed by atoms with E-state index in [1.807, 2.05) is 42.5 Å². The number of nitrogens with one attached hydrogen (secondary N) is 2. The molecule has 0 radical (unpaired) electrons. The van der Waals surface area contributed by atoms with Gasteiger partial charge in [-0.05, 0) is 65.4 Å². The number of nitrogens with zero attached hydrogens (tertiary/aromatic N) is 1. The topological polar surface area (TPSA) is 112 Å². The van der Waals surface area contributed by atoms with Gasteiger partial charge >= 0.3 is 11.9 Å². The third-order valence-electron chi connectivity index (χ3n) is 5.79. The number of fused-ring (bicyclic) bond motifs is 1. The molecule has 8 heteroatoms. The molecule has 35 heavy (non-hydrogen) atoms. The van der Waals surface area contributed by atoms with Crippen LogP contribution in [0.2, 0.25) is 0 Å². The minimum absolute atomic E-state index is 0.183. The molecular weight excluding hydrogens is 462 g/mol. The maximum atomic E-state index is 11.7. The smallest absolute Gasteiger partial charge is 0.337 e. The Morgan fingerprint density at radius 2 is 1.31 bits per heavy atom. The molecule has 0 fully saturated rings. The van der Waals surface area contributed by atoms with Gasteiger partial charge in [0.15, 0.2) is 5.13 Å². The van der Waals surface area contributed by atoms with E-state index in [2.05, 4.69) is 43.3 Å². The highest BCUT2D eigenvalue weighted by Crippen LogP contribution is 2.34. The first-order valence-electron chi connectivity index (χ1n) is 11.3. The van der Waals surface area contributed by atoms with Crippen LogP contribution in [-0.2, 0) is 0 Å². The fraction of sp³-hybridized carbons (Fsp3) is 0.222. The Bertz CT molecular complexity index is 1360. The van der Waals surface area contributed by atoms with Gasteiger partial charge in [-0.3, -0.25) is 0 Å². The number of anilines is 4. The molecule has 0 aliphatic heterocycles. The number of thiazole rings is 1. The Labute approximate surface area is 207 Å². The van der Waals surface area contributed by atoms with Gasteiger partial charge < -0.3 is 20.8 Å². The monoisotopic (exact) mass is 489 g/mol. The number of hydrogen-bond acceptors (Lipinski definition) is 6. The summed E-state index contributed by atoms with van der Waals surface area (Å²) in [6.45, 7) is 8.23. The van der Waals surface area contributed by atoms with Crippen LogP contribution in [0.3, 0.4) is 0 Å². The summed E-state index contributed by atoms with van der Waals surface area (Å²) in [6, 6.07) is 16.2. The van der Waals surface area contributed by atoms with Crippen molar-refractivity contribution >= 4 is 55.7 Å². The minimum Gasteiger partial charge on any atom is -0.478 e. The number of aromatic carboxylic acids is 2. The van der Waals surface area contributed by atoms with Crippen LogP contribution in [0.25, 0.3) is 10.2 Å². The molecule has 4 rings (SSSR count). The highest BCUT2D eigenvalue weighted by Gasteiger charge is 2.16. The van der Waals surface area contributed by atoms with Crippen molar-refractivity contribution in [2.75, 3.05) is 10.6 Å². The summed E-state index contributed by atoms with van der Waals surface area (Å²) in [7, 11) is 0. The van der Waals surface area contributed by atoms with Gasteiger partial charge in [0, 0.05) is 5.69 Å². The van der Waals surface area contributed by atoms with E-state index < -0.39 is 11.9 Å². The molecule has 0 atom stereocenters. The van der Waals surface area contributed by atoms with Crippen molar-refractivity contribution in [3.05, 3.63) is 76.9 Å². The zero-order chi connectivity index (χ0) is 25.3. The SMILES string of the molecule is CC(C)c1ccc(C(=O)O)c(Nc2ccc3nc(Nc4cc(C(C)C)ccc4C(=O)O)sc3c2)c1. The van der Waals surface area contributed by atoms with Gasteiger partial charge in [0.25, 0.3) is 0 Å². The van der Waals surface area contributed by atoms with E-state index in [-0.39, 0.29) is 23.0 Å². The van der Waals surface area contributed by atoms with Crippen LogP contribution in [0, 0.1) is 0 Å². The molecule has 0 spiro atoms. The Morgan fingerprint density at radius 3 is 1.83 bits per heavy atom. The summed E-state index contributed by atoms with van der Waals surface area (Å²) >= 11 is 1.40. The second-order valence-electron chi connectivity index (χ2n) is 8.98. The van der Waals surface area contributed by atoms with Crippen molar-refractivity contribution in [1.82, 2.24) is 4.98 Å². The number of rotatable bonds is 8. The third kappa shape index (κ3) is 5.27. The van der Waals surface area contributed by atoms with E-state index >= 15 is 0 Å². The van der Waals surface area contributed by atoms with Gasteiger partial charge in [-0.2, -0.15) is 0 Å². The van der Waals surface area contributed by atoms with Crippen molar-refractivity contribution in [2.45, 2.75) is 39.5 Å². The summed E-state index contributed by atoms with van der Waals surface area (Å²) in [5.74, 6) is -1.48. The molecule has 7 nitrogen and oxygen atoms in total. The van der Waals surface area contributed by atoms with Gasteiger partial charge in [-0.25, -0.2) is 14.6 Å². The standard InChI is InChI=1S/C27H27N3O4S/c1-14(2)16-5-8-19(25(31)32)22(11-16)28-18-7-10-21-24(13-18)35-27(29-21)30-23-12-17(15(3)4)6-9-20(23)26(33)34/h5-15,28H,1-4H3,(H,29,30)(H,31,32)(H,33,34). The van der Waals surface area contributed by atoms with Crippen LogP contribution in [0.4, 0.5) is 22.2 Å². The van der Waals surface area contributed by atoms with Gasteiger partial charge in [0.2, 0.25) is 0 Å². The summed E-state index contributed by atoms with van der Waals surface area (Å²) in [5, 5.41) is 26.2. The first-order chi connectivity index (χ1) is 16.6. The van der Waals surface area contributed by atoms with E-state index in [0.717, 1.165) is 27.0 Å². The van der Waals surface area contributed by atoms with Crippen molar-refractivity contribution in [2.24, 2.45) is 0 Å². The number of carboxylic acid groups (broad SMARTS) is 2. The summed E-state index contributed by atoms with van der Waals surface area (Å²) in [5.41, 5.74) is 4.98. The van der Waals surface area contributed by atoms with Gasteiger partial charge in [-0.1, -0.05) is 51.2 Å². The van der Waals surface area contributed by atoms with Gasteiger partial charge in [-0.15, -0.1) is 0 Å². The average Bonchev–Trinajstić information content (AvgIpc) is 3.20. The molecule has 0 aliphatic rings. The summed E-state index contributed by atoms with van der Waals surface area (Å²) in [6.07, 6.45) is 0. The molecule has 3 aromatic carbocycles. The molecule has 1 heterocycles. The molecule has 0 unspecified atom stereocenters. The van der Waals surface area contributed by atoms with Crippen LogP contribution in [0.15, 0.2) is 54.6 Å². The first-order valence-corrected chi connectivity index (χ1v) is 12.1. The average molecular weight is 490 g/mol. The van der Waals surface area contributed by atoms with Crippen molar-refractivity contribution < 1.29 is 19.8 Å². The van der Waals surface area contributed by atoms with Crippen molar-refractivity contribution in [3.8, 4) is 0 Å². The number of benzene rings is 3. The predicted molar refractivity (Wildman–Crippen MR) is 141 cm³/mol. The number of hydrogen-bond donors (Lipinski definition) is 4. The lowest BCUT2D eigenvalue weighted by Crippen LogP contribution is -2.04. The maximum absolute atomic E-state index is 11.7. The lowest BCUT2D eigenvalue weighted by molar-refractivity contribution is 0.0687. The highest BCUT2D eigenvalue weighted by molar-refractivity contribution is 7.22. The molecule has 0 bridgehead atoms. The third-order valence-corrected chi connectivity index (χ3v) is 6.72. The van der Waals surface area contributed by atoms with Crippen LogP contribution in [0.1, 0.15) is 71.4 Å². The largest absolute Gasteiger partial charge is 0.478 e. The van der Waals surface area contributed by atoms with E-state index in [1.165, 1.54) is 11.3 Å². The molecule has 0 saturated heterocycles. The maximum Gasteiger partial charge on any atom is 0.337 e. The van der Waals surface area contributed by atoms with E-state index in [1.54, 1.807) is 12.1 Å². The van der Waals surface area contributed by atoms with Gasteiger partial charge in [0.1, 0.15) is 0 Å². The Morgan fingerprint density at radius 1 is 0.771 bits per heavy atom. The predicted octanol–water partition coefficient (Wildman–Crippen LogP) is 7.43. The van der Waals surface area contributed by atoms with Gasteiger partial charge in [0.05, 0.1) is 32.7 Å². The highest BCUT2D eigenvalue weighted by atomic mass is 32.1.